The first kappa shape index (κ1) is 18.8. The molecule has 1 aromatic heterocycles. The number of carbonyl (C=O) groups is 1. The van der Waals surface area contributed by atoms with Gasteiger partial charge in [-0.05, 0) is 32.6 Å². The first-order valence-electron chi connectivity index (χ1n) is 8.32. The van der Waals surface area contributed by atoms with Gasteiger partial charge >= 0.3 is 6.03 Å². The molecule has 25 heavy (non-hydrogen) atoms. The predicted molar refractivity (Wildman–Crippen MR) is 97.7 cm³/mol. The number of amides is 2. The first-order chi connectivity index (χ1) is 12.0. The molecule has 0 aliphatic heterocycles. The smallest absolute Gasteiger partial charge is 0.314 e. The summed E-state index contributed by atoms with van der Waals surface area (Å²) in [5.41, 5.74) is 2.15. The lowest BCUT2D eigenvalue weighted by atomic mass is 10.1. The first-order valence-corrected chi connectivity index (χ1v) is 8.32. The number of hydrogen-bond donors (Lipinski definition) is 2. The van der Waals surface area contributed by atoms with Gasteiger partial charge in [-0.3, -0.25) is 4.68 Å². The number of nitrogens with one attached hydrogen (secondary N) is 2. The Morgan fingerprint density at radius 1 is 1.32 bits per heavy atom. The van der Waals surface area contributed by atoms with E-state index in [2.05, 4.69) is 20.6 Å². The van der Waals surface area contributed by atoms with Gasteiger partial charge in [0, 0.05) is 25.4 Å². The van der Waals surface area contributed by atoms with Gasteiger partial charge in [-0.25, -0.2) is 4.79 Å². The highest BCUT2D eigenvalue weighted by Gasteiger charge is 2.16. The van der Waals surface area contributed by atoms with Crippen LogP contribution in [0.5, 0.6) is 5.75 Å². The van der Waals surface area contributed by atoms with Crippen LogP contribution in [-0.2, 0) is 7.05 Å². The topological polar surface area (TPSA) is 71.4 Å². The van der Waals surface area contributed by atoms with Crippen LogP contribution < -0.4 is 15.4 Å². The van der Waals surface area contributed by atoms with Crippen LogP contribution in [0, 0.1) is 6.92 Å². The van der Waals surface area contributed by atoms with Gasteiger partial charge in [0.15, 0.2) is 0 Å². The van der Waals surface area contributed by atoms with Crippen LogP contribution in [0.3, 0.4) is 0 Å². The van der Waals surface area contributed by atoms with Crippen LogP contribution in [0.15, 0.2) is 36.7 Å². The SMILES string of the molecule is Cc1ccccc1OCCNC(=O)NCC(c1cnn(C)c1)N(C)C. The van der Waals surface area contributed by atoms with E-state index in [1.165, 1.54) is 0 Å². The molecule has 0 spiro atoms. The third kappa shape index (κ3) is 5.79. The maximum absolute atomic E-state index is 12.0. The molecule has 0 aliphatic rings. The van der Waals surface area contributed by atoms with E-state index in [-0.39, 0.29) is 12.1 Å². The molecule has 0 saturated carbocycles. The summed E-state index contributed by atoms with van der Waals surface area (Å²) in [5.74, 6) is 0.842. The number of benzene rings is 1. The number of para-hydroxylation sites is 1. The highest BCUT2D eigenvalue weighted by molar-refractivity contribution is 5.73. The number of aryl methyl sites for hydroxylation is 2. The zero-order chi connectivity index (χ0) is 18.2. The van der Waals surface area contributed by atoms with E-state index in [0.717, 1.165) is 16.9 Å². The van der Waals surface area contributed by atoms with Crippen LogP contribution >= 0.6 is 0 Å². The number of hydrogen-bond acceptors (Lipinski definition) is 4. The Hall–Kier alpha value is -2.54. The van der Waals surface area contributed by atoms with Crippen LogP contribution in [-0.4, -0.2) is 54.5 Å². The van der Waals surface area contributed by atoms with E-state index in [4.69, 9.17) is 4.74 Å². The van der Waals surface area contributed by atoms with Crippen molar-refractivity contribution in [3.8, 4) is 5.75 Å². The van der Waals surface area contributed by atoms with Gasteiger partial charge in [0.25, 0.3) is 0 Å². The predicted octanol–water partition coefficient (Wildman–Crippen LogP) is 1.71. The molecule has 0 bridgehead atoms. The molecular formula is C18H27N5O2. The Labute approximate surface area is 149 Å². The summed E-state index contributed by atoms with van der Waals surface area (Å²) < 4.78 is 7.42. The third-order valence-corrected chi connectivity index (χ3v) is 3.93. The third-order valence-electron chi connectivity index (χ3n) is 3.93. The second-order valence-electron chi connectivity index (χ2n) is 6.18. The van der Waals surface area contributed by atoms with Crippen molar-refractivity contribution in [3.63, 3.8) is 0 Å². The molecule has 2 aromatic rings. The number of likely N-dealkylation sites (N-methyl/N-ethyl adjacent to an activating group) is 1. The Kier molecular flexibility index (Phi) is 6.82. The average molecular weight is 345 g/mol. The minimum Gasteiger partial charge on any atom is -0.491 e. The summed E-state index contributed by atoms with van der Waals surface area (Å²) >= 11 is 0. The Morgan fingerprint density at radius 3 is 2.72 bits per heavy atom. The molecule has 136 valence electrons. The molecule has 2 rings (SSSR count). The average Bonchev–Trinajstić information content (AvgIpc) is 2.99. The van der Waals surface area contributed by atoms with Crippen molar-refractivity contribution < 1.29 is 9.53 Å². The normalized spacial score (nSPS) is 12.0. The van der Waals surface area contributed by atoms with Gasteiger partial charge in [0.1, 0.15) is 12.4 Å². The summed E-state index contributed by atoms with van der Waals surface area (Å²) in [5, 5.41) is 9.90. The van der Waals surface area contributed by atoms with E-state index in [9.17, 15) is 4.79 Å². The van der Waals surface area contributed by atoms with Gasteiger partial charge in [0.2, 0.25) is 0 Å². The van der Waals surface area contributed by atoms with Gasteiger partial charge < -0.3 is 20.3 Å². The van der Waals surface area contributed by atoms with Gasteiger partial charge in [-0.1, -0.05) is 18.2 Å². The number of ether oxygens (including phenoxy) is 1. The van der Waals surface area contributed by atoms with Crippen molar-refractivity contribution in [2.45, 2.75) is 13.0 Å². The fraction of sp³-hybridized carbons (Fsp3) is 0.444. The summed E-state index contributed by atoms with van der Waals surface area (Å²) in [6, 6.07) is 7.69. The molecular weight excluding hydrogens is 318 g/mol. The molecule has 2 amide bonds. The highest BCUT2D eigenvalue weighted by Crippen LogP contribution is 2.16. The zero-order valence-electron chi connectivity index (χ0n) is 15.3. The van der Waals surface area contributed by atoms with Crippen molar-refractivity contribution in [3.05, 3.63) is 47.8 Å². The van der Waals surface area contributed by atoms with Crippen molar-refractivity contribution in [1.29, 1.82) is 0 Å². The molecule has 7 nitrogen and oxygen atoms in total. The molecule has 0 radical (unpaired) electrons. The van der Waals surface area contributed by atoms with E-state index in [0.29, 0.717) is 19.7 Å². The van der Waals surface area contributed by atoms with Crippen molar-refractivity contribution in [2.75, 3.05) is 33.8 Å². The standard InChI is InChI=1S/C18H27N5O2/c1-14-7-5-6-8-17(14)25-10-9-19-18(24)20-12-16(22(2)3)15-11-21-23(4)13-15/h5-8,11,13,16H,9-10,12H2,1-4H3,(H2,19,20,24). The van der Waals surface area contributed by atoms with Gasteiger partial charge in [0.05, 0.1) is 18.8 Å². The van der Waals surface area contributed by atoms with Gasteiger partial charge in [-0.2, -0.15) is 5.10 Å². The van der Waals surface area contributed by atoms with Crippen LogP contribution in [0.4, 0.5) is 4.79 Å². The minimum absolute atomic E-state index is 0.0719. The summed E-state index contributed by atoms with van der Waals surface area (Å²) in [6.45, 7) is 3.37. The van der Waals surface area contributed by atoms with E-state index < -0.39 is 0 Å². The van der Waals surface area contributed by atoms with Crippen LogP contribution in [0.25, 0.3) is 0 Å². The lowest BCUT2D eigenvalue weighted by Crippen LogP contribution is -2.41. The maximum Gasteiger partial charge on any atom is 0.314 e. The zero-order valence-corrected chi connectivity index (χ0v) is 15.3. The molecule has 0 fully saturated rings. The second kappa shape index (κ2) is 9.08. The number of rotatable bonds is 8. The van der Waals surface area contributed by atoms with Crippen LogP contribution in [0.1, 0.15) is 17.2 Å². The number of nitrogens with zero attached hydrogens (tertiary/aromatic N) is 3. The molecule has 1 heterocycles. The lowest BCUT2D eigenvalue weighted by Gasteiger charge is -2.23. The second-order valence-corrected chi connectivity index (χ2v) is 6.18. The van der Waals surface area contributed by atoms with Crippen molar-refractivity contribution in [2.24, 2.45) is 7.05 Å². The molecule has 7 heteroatoms. The number of urea groups is 1. The minimum atomic E-state index is -0.205. The Morgan fingerprint density at radius 2 is 2.08 bits per heavy atom. The van der Waals surface area contributed by atoms with E-state index in [1.54, 1.807) is 4.68 Å². The van der Waals surface area contributed by atoms with Crippen LogP contribution in [0.2, 0.25) is 0 Å². The molecule has 2 N–H and O–H groups in total. The fourth-order valence-electron chi connectivity index (χ4n) is 2.51. The number of aromatic nitrogens is 2. The molecule has 1 unspecified atom stereocenters. The summed E-state index contributed by atoms with van der Waals surface area (Å²) in [7, 11) is 5.84. The molecule has 1 aromatic carbocycles. The quantitative estimate of drug-likeness (QED) is 0.715. The maximum atomic E-state index is 12.0. The highest BCUT2D eigenvalue weighted by atomic mass is 16.5. The largest absolute Gasteiger partial charge is 0.491 e. The lowest BCUT2D eigenvalue weighted by molar-refractivity contribution is 0.229. The fourth-order valence-corrected chi connectivity index (χ4v) is 2.51. The molecule has 0 aliphatic carbocycles. The van der Waals surface area contributed by atoms with Crippen molar-refractivity contribution >= 4 is 6.03 Å². The van der Waals surface area contributed by atoms with Crippen molar-refractivity contribution in [1.82, 2.24) is 25.3 Å². The Bertz CT molecular complexity index is 684. The van der Waals surface area contributed by atoms with Gasteiger partial charge in [-0.15, -0.1) is 0 Å². The van der Waals surface area contributed by atoms with E-state index >= 15 is 0 Å². The molecule has 0 saturated heterocycles. The van der Waals surface area contributed by atoms with E-state index in [1.807, 2.05) is 64.7 Å². The summed E-state index contributed by atoms with van der Waals surface area (Å²) in [6.07, 6.45) is 3.78. The Balaban J connectivity index is 1.71. The number of carbonyl (C=O) groups excluding carboxylic acids is 1. The molecule has 1 atom stereocenters. The monoisotopic (exact) mass is 345 g/mol. The summed E-state index contributed by atoms with van der Waals surface area (Å²) in [4.78, 5) is 14.0.